The van der Waals surface area contributed by atoms with Crippen molar-refractivity contribution in [2.75, 3.05) is 19.6 Å². The minimum atomic E-state index is -0.145. The van der Waals surface area contributed by atoms with E-state index in [0.29, 0.717) is 12.0 Å². The molecular weight excluding hydrogens is 398 g/mol. The van der Waals surface area contributed by atoms with Crippen molar-refractivity contribution >= 4 is 22.5 Å². The SMILES string of the molecule is Cc1c(CC2CC3(C2)CN(CCCn2cncc(Cl)c2=O)C3)ccc2cnn(C)c12. The molecule has 5 rings (SSSR count). The van der Waals surface area contributed by atoms with Gasteiger partial charge in [-0.3, -0.25) is 14.0 Å². The molecule has 3 heterocycles. The highest BCUT2D eigenvalue weighted by atomic mass is 35.5. The lowest BCUT2D eigenvalue weighted by Gasteiger charge is -2.59. The van der Waals surface area contributed by atoms with Crippen LogP contribution in [0.1, 0.15) is 30.4 Å². The topological polar surface area (TPSA) is 56.0 Å². The summed E-state index contributed by atoms with van der Waals surface area (Å²) in [5.41, 5.74) is 4.53. The highest BCUT2D eigenvalue weighted by molar-refractivity contribution is 6.30. The molecule has 1 saturated carbocycles. The third-order valence-corrected chi connectivity index (χ3v) is 7.33. The monoisotopic (exact) mass is 425 g/mol. The van der Waals surface area contributed by atoms with E-state index in [1.165, 1.54) is 60.6 Å². The van der Waals surface area contributed by atoms with Crippen LogP contribution >= 0.6 is 11.6 Å². The third kappa shape index (κ3) is 3.46. The van der Waals surface area contributed by atoms with Gasteiger partial charge in [0.15, 0.2) is 0 Å². The van der Waals surface area contributed by atoms with Crippen LogP contribution in [-0.4, -0.2) is 43.9 Å². The lowest BCUT2D eigenvalue weighted by Crippen LogP contribution is -2.62. The first-order valence-corrected chi connectivity index (χ1v) is 11.1. The number of rotatable bonds is 6. The summed E-state index contributed by atoms with van der Waals surface area (Å²) >= 11 is 5.86. The molecule has 0 unspecified atom stereocenters. The number of aromatic nitrogens is 4. The molecule has 0 atom stereocenters. The van der Waals surface area contributed by atoms with Crippen molar-refractivity contribution in [2.45, 2.75) is 39.2 Å². The molecular formula is C23H28ClN5O. The smallest absolute Gasteiger partial charge is 0.272 e. The Labute approximate surface area is 181 Å². The molecule has 1 spiro atoms. The minimum absolute atomic E-state index is 0.145. The summed E-state index contributed by atoms with van der Waals surface area (Å²) in [4.78, 5) is 18.5. The fourth-order valence-corrected chi connectivity index (χ4v) is 5.88. The lowest BCUT2D eigenvalue weighted by atomic mass is 9.56. The number of hydrogen-bond acceptors (Lipinski definition) is 4. The Morgan fingerprint density at radius 1 is 1.20 bits per heavy atom. The van der Waals surface area contributed by atoms with Gasteiger partial charge in [-0.1, -0.05) is 23.7 Å². The van der Waals surface area contributed by atoms with Gasteiger partial charge in [-0.05, 0) is 61.6 Å². The molecule has 0 radical (unpaired) electrons. The summed E-state index contributed by atoms with van der Waals surface area (Å²) in [6.07, 6.45) is 9.74. The molecule has 2 fully saturated rings. The zero-order chi connectivity index (χ0) is 20.9. The van der Waals surface area contributed by atoms with Crippen molar-refractivity contribution in [3.05, 3.63) is 57.4 Å². The second-order valence-corrected chi connectivity index (χ2v) is 9.75. The maximum absolute atomic E-state index is 11.9. The van der Waals surface area contributed by atoms with Crippen molar-refractivity contribution in [1.29, 1.82) is 0 Å². The minimum Gasteiger partial charge on any atom is -0.302 e. The average Bonchev–Trinajstić information content (AvgIpc) is 3.04. The first-order valence-electron chi connectivity index (χ1n) is 10.8. The van der Waals surface area contributed by atoms with Crippen molar-refractivity contribution < 1.29 is 0 Å². The number of likely N-dealkylation sites (tertiary alicyclic amines) is 1. The van der Waals surface area contributed by atoms with Gasteiger partial charge in [0, 0.05) is 32.1 Å². The standard InChI is InChI=1S/C23H28ClN5O/c1-16-18(4-5-19-11-26-27(2)21(16)19)8-17-9-23(10-17)13-28(14-23)6-3-7-29-15-25-12-20(24)22(29)30/h4-5,11-12,15,17H,3,6-10,13-14H2,1-2H3. The van der Waals surface area contributed by atoms with Crippen LogP contribution in [0.25, 0.3) is 10.9 Å². The molecule has 3 aromatic rings. The summed E-state index contributed by atoms with van der Waals surface area (Å²) in [5, 5.41) is 5.82. The first kappa shape index (κ1) is 19.8. The van der Waals surface area contributed by atoms with Gasteiger partial charge in [-0.15, -0.1) is 0 Å². The molecule has 0 bridgehead atoms. The molecule has 1 saturated heterocycles. The van der Waals surface area contributed by atoms with E-state index in [0.717, 1.165) is 18.9 Å². The maximum Gasteiger partial charge on any atom is 0.272 e. The Kier molecular flexibility index (Phi) is 4.94. The van der Waals surface area contributed by atoms with Crippen LogP contribution in [0, 0.1) is 18.3 Å². The fourth-order valence-electron chi connectivity index (χ4n) is 5.71. The molecule has 30 heavy (non-hydrogen) atoms. The lowest BCUT2D eigenvalue weighted by molar-refractivity contribution is -0.0940. The summed E-state index contributed by atoms with van der Waals surface area (Å²) in [6.45, 7) is 6.34. The maximum atomic E-state index is 11.9. The predicted molar refractivity (Wildman–Crippen MR) is 119 cm³/mol. The van der Waals surface area contributed by atoms with Gasteiger partial charge in [0.05, 0.1) is 24.2 Å². The zero-order valence-corrected chi connectivity index (χ0v) is 18.4. The molecule has 0 amide bonds. The van der Waals surface area contributed by atoms with E-state index >= 15 is 0 Å². The van der Waals surface area contributed by atoms with Gasteiger partial charge in [-0.2, -0.15) is 5.10 Å². The first-order chi connectivity index (χ1) is 14.4. The van der Waals surface area contributed by atoms with Crippen molar-refractivity contribution in [3.63, 3.8) is 0 Å². The van der Waals surface area contributed by atoms with Gasteiger partial charge < -0.3 is 4.90 Å². The largest absolute Gasteiger partial charge is 0.302 e. The number of aryl methyl sites for hydroxylation is 3. The molecule has 1 aromatic carbocycles. The Morgan fingerprint density at radius 2 is 2.00 bits per heavy atom. The van der Waals surface area contributed by atoms with Gasteiger partial charge in [0.2, 0.25) is 0 Å². The van der Waals surface area contributed by atoms with Crippen LogP contribution in [-0.2, 0) is 20.0 Å². The molecule has 158 valence electrons. The van der Waals surface area contributed by atoms with Crippen molar-refractivity contribution in [1.82, 2.24) is 24.2 Å². The average molecular weight is 426 g/mol. The third-order valence-electron chi connectivity index (χ3n) is 7.07. The molecule has 0 N–H and O–H groups in total. The van der Waals surface area contributed by atoms with E-state index in [9.17, 15) is 4.79 Å². The van der Waals surface area contributed by atoms with Crippen molar-refractivity contribution in [3.8, 4) is 0 Å². The summed E-state index contributed by atoms with van der Waals surface area (Å²) in [5.74, 6) is 0.799. The second-order valence-electron chi connectivity index (χ2n) is 9.34. The van der Waals surface area contributed by atoms with E-state index in [2.05, 4.69) is 34.0 Å². The number of fused-ring (bicyclic) bond motifs is 1. The predicted octanol–water partition coefficient (Wildman–Crippen LogP) is 3.44. The highest BCUT2D eigenvalue weighted by Crippen LogP contribution is 2.53. The van der Waals surface area contributed by atoms with E-state index in [1.807, 2.05) is 17.9 Å². The molecule has 2 aliphatic rings. The fraction of sp³-hybridized carbons (Fsp3) is 0.522. The zero-order valence-electron chi connectivity index (χ0n) is 17.6. The number of nitrogens with zero attached hydrogens (tertiary/aromatic N) is 5. The van der Waals surface area contributed by atoms with Crippen molar-refractivity contribution in [2.24, 2.45) is 18.4 Å². The molecule has 7 heteroatoms. The molecule has 1 aliphatic heterocycles. The van der Waals surface area contributed by atoms with Crippen LogP contribution in [0.4, 0.5) is 0 Å². The van der Waals surface area contributed by atoms with Gasteiger partial charge in [-0.25, -0.2) is 4.98 Å². The molecule has 1 aliphatic carbocycles. The van der Waals surface area contributed by atoms with Crippen LogP contribution < -0.4 is 5.56 Å². The molecule has 6 nitrogen and oxygen atoms in total. The van der Waals surface area contributed by atoms with Gasteiger partial charge >= 0.3 is 0 Å². The van der Waals surface area contributed by atoms with Crippen LogP contribution in [0.5, 0.6) is 0 Å². The number of hydrogen-bond donors (Lipinski definition) is 0. The van der Waals surface area contributed by atoms with E-state index in [4.69, 9.17) is 11.6 Å². The van der Waals surface area contributed by atoms with E-state index < -0.39 is 0 Å². The normalized spacial score (nSPS) is 18.6. The Morgan fingerprint density at radius 3 is 2.80 bits per heavy atom. The number of benzene rings is 1. The Hall–Kier alpha value is -2.18. The van der Waals surface area contributed by atoms with E-state index in [-0.39, 0.29) is 10.6 Å². The van der Waals surface area contributed by atoms with Gasteiger partial charge in [0.1, 0.15) is 5.02 Å². The molecule has 2 aromatic heterocycles. The number of halogens is 1. The summed E-state index contributed by atoms with van der Waals surface area (Å²) in [7, 11) is 2.03. The van der Waals surface area contributed by atoms with E-state index in [1.54, 1.807) is 10.9 Å². The van der Waals surface area contributed by atoms with Crippen LogP contribution in [0.15, 0.2) is 35.6 Å². The quantitative estimate of drug-likeness (QED) is 0.607. The summed E-state index contributed by atoms with van der Waals surface area (Å²) < 4.78 is 3.60. The Bertz CT molecular complexity index is 1140. The second kappa shape index (κ2) is 7.50. The summed E-state index contributed by atoms with van der Waals surface area (Å²) in [6, 6.07) is 4.51. The van der Waals surface area contributed by atoms with Crippen LogP contribution in [0.2, 0.25) is 5.02 Å². The van der Waals surface area contributed by atoms with Crippen LogP contribution in [0.3, 0.4) is 0 Å². The highest BCUT2D eigenvalue weighted by Gasteiger charge is 2.51. The Balaban J connectivity index is 1.09. The van der Waals surface area contributed by atoms with Gasteiger partial charge in [0.25, 0.3) is 5.56 Å².